The second-order valence-corrected chi connectivity index (χ2v) is 10.7. The number of pyridine rings is 1. The van der Waals surface area contributed by atoms with Crippen molar-refractivity contribution in [1.29, 1.82) is 10.5 Å². The Bertz CT molecular complexity index is 2110. The SMILES string of the molecule is CCOC(=O)c1ccc(-n2c(-c3ccccc3)cc(C=C3C(C)=C(C#N)c4[nH+]c(N)c(C#N)c(C)c43)c2-c2ccccc2)cc1. The molecule has 0 amide bonds. The molecule has 0 saturated carbocycles. The van der Waals surface area contributed by atoms with E-state index in [-0.39, 0.29) is 11.8 Å². The van der Waals surface area contributed by atoms with Crippen molar-refractivity contribution in [3.05, 3.63) is 130 Å². The lowest BCUT2D eigenvalue weighted by Crippen LogP contribution is -2.20. The predicted octanol–water partition coefficient (Wildman–Crippen LogP) is 7.42. The van der Waals surface area contributed by atoms with Gasteiger partial charge in [0.15, 0.2) is 5.69 Å². The number of nitrogens with one attached hydrogen (secondary N) is 1. The first-order valence-corrected chi connectivity index (χ1v) is 14.6. The molecule has 0 bridgehead atoms. The number of allylic oxidation sites excluding steroid dienone is 3. The van der Waals surface area contributed by atoms with E-state index in [2.05, 4.69) is 58.1 Å². The number of fused-ring (bicyclic) bond motifs is 1. The number of hydrogen-bond acceptors (Lipinski definition) is 5. The number of nitrogen functional groups attached to an aromatic ring is 1. The minimum atomic E-state index is -0.367. The van der Waals surface area contributed by atoms with Crippen molar-refractivity contribution in [2.75, 3.05) is 12.3 Å². The summed E-state index contributed by atoms with van der Waals surface area (Å²) in [5, 5.41) is 20.0. The molecule has 2 heterocycles. The number of benzene rings is 3. The molecular weight excluding hydrogens is 558 g/mol. The second-order valence-electron chi connectivity index (χ2n) is 10.7. The third kappa shape index (κ3) is 4.97. The van der Waals surface area contributed by atoms with Gasteiger partial charge in [-0.1, -0.05) is 60.7 Å². The number of nitrogens with zero attached hydrogens (tertiary/aromatic N) is 3. The molecule has 0 saturated heterocycles. The topological polar surface area (TPSA) is 119 Å². The highest BCUT2D eigenvalue weighted by Gasteiger charge is 2.33. The molecule has 1 aliphatic rings. The number of hydrogen-bond donors (Lipinski definition) is 1. The van der Waals surface area contributed by atoms with E-state index in [1.165, 1.54) is 0 Å². The number of ether oxygens (including phenoxy) is 1. The van der Waals surface area contributed by atoms with Crippen LogP contribution >= 0.6 is 0 Å². The smallest absolute Gasteiger partial charge is 0.338 e. The van der Waals surface area contributed by atoms with Gasteiger partial charge in [0.1, 0.15) is 23.3 Å². The standard InChI is InChI=1S/C38H29N5O2/c1-4-45-38(44)27-15-17-29(18-16-27)43-33(25-11-7-5-8-12-25)20-28(36(43)26-13-9-6-10-14-26)19-30-23(2)31(21-39)35-34(30)24(3)32(22-40)37(41)42-35/h5-20H,4H2,1-3H3,(H2,41,42)/p+1. The van der Waals surface area contributed by atoms with Crippen molar-refractivity contribution in [3.8, 4) is 40.3 Å². The van der Waals surface area contributed by atoms with E-state index in [1.807, 2.05) is 62.4 Å². The number of esters is 1. The highest BCUT2D eigenvalue weighted by molar-refractivity contribution is 6.09. The van der Waals surface area contributed by atoms with Crippen LogP contribution in [0.15, 0.2) is 96.6 Å². The van der Waals surface area contributed by atoms with Crippen LogP contribution in [0.3, 0.4) is 0 Å². The van der Waals surface area contributed by atoms with Crippen molar-refractivity contribution in [3.63, 3.8) is 0 Å². The molecular formula is C38H30N5O2+. The molecule has 45 heavy (non-hydrogen) atoms. The van der Waals surface area contributed by atoms with Gasteiger partial charge in [0.25, 0.3) is 5.82 Å². The van der Waals surface area contributed by atoms with E-state index in [1.54, 1.807) is 19.1 Å². The molecule has 0 atom stereocenters. The number of carbonyl (C=O) groups excluding carboxylic acids is 1. The minimum Gasteiger partial charge on any atom is -0.462 e. The molecule has 1 aliphatic carbocycles. The van der Waals surface area contributed by atoms with E-state index in [0.717, 1.165) is 56.0 Å². The molecule has 0 radical (unpaired) electrons. The molecule has 218 valence electrons. The average Bonchev–Trinajstić information content (AvgIpc) is 3.57. The van der Waals surface area contributed by atoms with Gasteiger partial charge in [-0.3, -0.25) is 5.73 Å². The summed E-state index contributed by atoms with van der Waals surface area (Å²) >= 11 is 0. The van der Waals surface area contributed by atoms with Crippen LogP contribution in [-0.4, -0.2) is 17.1 Å². The van der Waals surface area contributed by atoms with Crippen LogP contribution in [0.1, 0.15) is 52.2 Å². The molecule has 0 fully saturated rings. The first-order chi connectivity index (χ1) is 21.9. The Balaban J connectivity index is 1.67. The van der Waals surface area contributed by atoms with Gasteiger partial charge in [0.05, 0.1) is 23.6 Å². The molecule has 0 spiro atoms. The Hall–Kier alpha value is -6.18. The molecule has 6 rings (SSSR count). The largest absolute Gasteiger partial charge is 0.462 e. The number of H-pyrrole nitrogens is 1. The molecule has 3 aromatic carbocycles. The Labute approximate surface area is 261 Å². The normalized spacial score (nSPS) is 13.0. The van der Waals surface area contributed by atoms with Gasteiger partial charge in [0, 0.05) is 16.8 Å². The fourth-order valence-electron chi connectivity index (χ4n) is 6.01. The Morgan fingerprint density at radius 2 is 1.58 bits per heavy atom. The van der Waals surface area contributed by atoms with Gasteiger partial charge in [-0.25, -0.2) is 9.78 Å². The number of rotatable bonds is 6. The van der Waals surface area contributed by atoms with E-state index in [0.29, 0.717) is 29.0 Å². The first-order valence-electron chi connectivity index (χ1n) is 14.6. The van der Waals surface area contributed by atoms with Crippen molar-refractivity contribution in [2.45, 2.75) is 20.8 Å². The van der Waals surface area contributed by atoms with E-state index >= 15 is 0 Å². The summed E-state index contributed by atoms with van der Waals surface area (Å²) in [6.45, 7) is 5.88. The van der Waals surface area contributed by atoms with Crippen molar-refractivity contribution < 1.29 is 14.5 Å². The molecule has 0 unspecified atom stereocenters. The second kappa shape index (κ2) is 11.8. The van der Waals surface area contributed by atoms with Gasteiger partial charge in [-0.05, 0) is 85.0 Å². The van der Waals surface area contributed by atoms with Crippen LogP contribution in [-0.2, 0) is 4.74 Å². The summed E-state index contributed by atoms with van der Waals surface area (Å²) in [6, 6.07) is 34.3. The summed E-state index contributed by atoms with van der Waals surface area (Å²) in [5.74, 6) is -0.127. The van der Waals surface area contributed by atoms with Gasteiger partial charge in [-0.15, -0.1) is 0 Å². The lowest BCUT2D eigenvalue weighted by Gasteiger charge is -2.16. The van der Waals surface area contributed by atoms with Crippen LogP contribution in [0.2, 0.25) is 0 Å². The monoisotopic (exact) mass is 588 g/mol. The number of nitriles is 2. The minimum absolute atomic E-state index is 0.240. The Morgan fingerprint density at radius 1 is 0.933 bits per heavy atom. The average molecular weight is 589 g/mol. The number of aromatic amines is 1. The van der Waals surface area contributed by atoms with E-state index < -0.39 is 0 Å². The molecule has 3 N–H and O–H groups in total. The third-order valence-electron chi connectivity index (χ3n) is 8.13. The maximum Gasteiger partial charge on any atom is 0.338 e. The van der Waals surface area contributed by atoms with Crippen LogP contribution in [0.4, 0.5) is 5.82 Å². The van der Waals surface area contributed by atoms with Gasteiger partial charge < -0.3 is 9.30 Å². The summed E-state index contributed by atoms with van der Waals surface area (Å²) in [5.41, 5.74) is 17.0. The molecule has 0 aliphatic heterocycles. The molecule has 7 nitrogen and oxygen atoms in total. The van der Waals surface area contributed by atoms with Crippen molar-refractivity contribution >= 4 is 29.0 Å². The fraction of sp³-hybridized carbons (Fsp3) is 0.105. The zero-order valence-electron chi connectivity index (χ0n) is 25.2. The number of carbonyl (C=O) groups is 1. The third-order valence-corrected chi connectivity index (χ3v) is 8.13. The highest BCUT2D eigenvalue weighted by Crippen LogP contribution is 2.45. The maximum absolute atomic E-state index is 12.4. The molecule has 7 heteroatoms. The zero-order valence-corrected chi connectivity index (χ0v) is 25.2. The summed E-state index contributed by atoms with van der Waals surface area (Å²) < 4.78 is 7.41. The van der Waals surface area contributed by atoms with Crippen LogP contribution in [0.5, 0.6) is 0 Å². The summed E-state index contributed by atoms with van der Waals surface area (Å²) in [7, 11) is 0. The number of anilines is 1. The lowest BCUT2D eigenvalue weighted by atomic mass is 9.95. The number of aromatic nitrogens is 2. The van der Waals surface area contributed by atoms with E-state index in [4.69, 9.17) is 10.5 Å². The van der Waals surface area contributed by atoms with Crippen LogP contribution < -0.4 is 10.7 Å². The Kier molecular flexibility index (Phi) is 7.61. The van der Waals surface area contributed by atoms with Crippen molar-refractivity contribution in [1.82, 2.24) is 4.57 Å². The lowest BCUT2D eigenvalue weighted by molar-refractivity contribution is -0.364. The highest BCUT2D eigenvalue weighted by atomic mass is 16.5. The fourth-order valence-corrected chi connectivity index (χ4v) is 6.01. The molecule has 5 aromatic rings. The van der Waals surface area contributed by atoms with Crippen LogP contribution in [0.25, 0.3) is 45.4 Å². The van der Waals surface area contributed by atoms with Crippen LogP contribution in [0, 0.1) is 29.6 Å². The number of nitrogens with two attached hydrogens (primary N) is 1. The zero-order chi connectivity index (χ0) is 31.7. The predicted molar refractivity (Wildman–Crippen MR) is 176 cm³/mol. The quantitative estimate of drug-likeness (QED) is 0.207. The Morgan fingerprint density at radius 3 is 2.18 bits per heavy atom. The van der Waals surface area contributed by atoms with E-state index in [9.17, 15) is 15.3 Å². The summed E-state index contributed by atoms with van der Waals surface area (Å²) in [4.78, 5) is 15.6. The molecule has 2 aromatic heterocycles. The van der Waals surface area contributed by atoms with Crippen molar-refractivity contribution in [2.24, 2.45) is 0 Å². The van der Waals surface area contributed by atoms with Gasteiger partial charge in [-0.2, -0.15) is 10.5 Å². The summed E-state index contributed by atoms with van der Waals surface area (Å²) in [6.07, 6.45) is 2.09. The van der Waals surface area contributed by atoms with Gasteiger partial charge in [0.2, 0.25) is 0 Å². The maximum atomic E-state index is 12.4. The van der Waals surface area contributed by atoms with Gasteiger partial charge >= 0.3 is 5.97 Å². The first kappa shape index (κ1) is 28.9.